The molecule has 0 aromatic heterocycles. The highest BCUT2D eigenvalue weighted by atomic mass is 16.5. The Morgan fingerprint density at radius 1 is 1.03 bits per heavy atom. The zero-order valence-corrected chi connectivity index (χ0v) is 16.6. The highest BCUT2D eigenvalue weighted by Gasteiger charge is 2.35. The van der Waals surface area contributed by atoms with Crippen LogP contribution in [0.5, 0.6) is 0 Å². The van der Waals surface area contributed by atoms with Crippen LogP contribution in [0, 0.1) is 0 Å². The molecule has 30 heavy (non-hydrogen) atoms. The van der Waals surface area contributed by atoms with Crippen molar-refractivity contribution in [3.05, 3.63) is 82.4 Å². The fraction of sp³-hybridized carbons (Fsp3) is 0.250. The van der Waals surface area contributed by atoms with Gasteiger partial charge in [-0.05, 0) is 61.6 Å². The Bertz CT molecular complexity index is 1100. The summed E-state index contributed by atoms with van der Waals surface area (Å²) in [4.78, 5) is 51.1. The molecule has 0 fully saturated rings. The number of rotatable bonds is 6. The number of fused-ring (bicyclic) bond motifs is 2. The third kappa shape index (κ3) is 3.34. The third-order valence-electron chi connectivity index (χ3n) is 5.55. The average Bonchev–Trinajstić information content (AvgIpc) is 3.31. The predicted octanol–water partition coefficient (Wildman–Crippen LogP) is 3.39. The second-order valence-electron chi connectivity index (χ2n) is 7.52. The predicted molar refractivity (Wildman–Crippen MR) is 110 cm³/mol. The number of imide groups is 1. The van der Waals surface area contributed by atoms with E-state index in [1.807, 2.05) is 12.1 Å². The standard InChI is InChI=1S/C24H21NO5/c1-3-11-25-22(27)19-10-9-18(13-20(19)23(25)28)24(29)30-14(2)21(26)17-8-7-15-5-4-6-16(15)12-17/h3,7-10,12-14H,1,4-6,11H2,2H3/t14-/m1/s1. The summed E-state index contributed by atoms with van der Waals surface area (Å²) in [6, 6.07) is 9.81. The summed E-state index contributed by atoms with van der Waals surface area (Å²) in [5.41, 5.74) is 3.45. The molecule has 2 aliphatic rings. The zero-order valence-electron chi connectivity index (χ0n) is 16.6. The van der Waals surface area contributed by atoms with E-state index in [1.165, 1.54) is 42.3 Å². The first-order chi connectivity index (χ1) is 14.4. The van der Waals surface area contributed by atoms with Crippen molar-refractivity contribution in [2.45, 2.75) is 32.3 Å². The Labute approximate surface area is 174 Å². The van der Waals surface area contributed by atoms with Gasteiger partial charge in [0.1, 0.15) is 0 Å². The normalized spacial score (nSPS) is 15.6. The van der Waals surface area contributed by atoms with Gasteiger partial charge in [0, 0.05) is 12.1 Å². The van der Waals surface area contributed by atoms with Crippen LogP contribution >= 0.6 is 0 Å². The molecule has 2 aromatic carbocycles. The van der Waals surface area contributed by atoms with Crippen molar-refractivity contribution in [3.63, 3.8) is 0 Å². The Morgan fingerprint density at radius 3 is 2.50 bits per heavy atom. The Kier molecular flexibility index (Phi) is 5.08. The van der Waals surface area contributed by atoms with E-state index in [4.69, 9.17) is 4.74 Å². The van der Waals surface area contributed by atoms with Crippen molar-refractivity contribution < 1.29 is 23.9 Å². The minimum absolute atomic E-state index is 0.0957. The van der Waals surface area contributed by atoms with Crippen LogP contribution in [0.2, 0.25) is 0 Å². The minimum Gasteiger partial charge on any atom is -0.451 e. The van der Waals surface area contributed by atoms with Crippen LogP contribution < -0.4 is 0 Å². The van der Waals surface area contributed by atoms with E-state index in [1.54, 1.807) is 6.07 Å². The largest absolute Gasteiger partial charge is 0.451 e. The molecule has 1 aliphatic heterocycles. The van der Waals surface area contributed by atoms with Crippen molar-refractivity contribution in [1.82, 2.24) is 4.90 Å². The van der Waals surface area contributed by atoms with Crippen molar-refractivity contribution >= 4 is 23.6 Å². The Hall–Kier alpha value is -3.54. The lowest BCUT2D eigenvalue weighted by Crippen LogP contribution is -2.29. The molecule has 0 saturated heterocycles. The summed E-state index contributed by atoms with van der Waals surface area (Å²) >= 11 is 0. The van der Waals surface area contributed by atoms with Crippen LogP contribution in [0.15, 0.2) is 49.1 Å². The number of nitrogens with zero attached hydrogens (tertiary/aromatic N) is 1. The number of carbonyl (C=O) groups is 4. The van der Waals surface area contributed by atoms with Gasteiger partial charge in [0.2, 0.25) is 5.78 Å². The molecule has 4 rings (SSSR count). The van der Waals surface area contributed by atoms with E-state index in [0.29, 0.717) is 5.56 Å². The van der Waals surface area contributed by atoms with Crippen molar-refractivity contribution in [1.29, 1.82) is 0 Å². The zero-order chi connectivity index (χ0) is 21.4. The van der Waals surface area contributed by atoms with Crippen molar-refractivity contribution in [2.75, 3.05) is 6.54 Å². The van der Waals surface area contributed by atoms with E-state index >= 15 is 0 Å². The Balaban J connectivity index is 1.49. The maximum Gasteiger partial charge on any atom is 0.338 e. The summed E-state index contributed by atoms with van der Waals surface area (Å²) in [5.74, 6) is -1.90. The number of aryl methyl sites for hydroxylation is 2. The number of ketones is 1. The maximum atomic E-state index is 12.7. The molecule has 0 spiro atoms. The monoisotopic (exact) mass is 403 g/mol. The molecule has 6 heteroatoms. The molecule has 152 valence electrons. The van der Waals surface area contributed by atoms with Crippen LogP contribution in [-0.4, -0.2) is 41.1 Å². The first-order valence-corrected chi connectivity index (χ1v) is 9.89. The molecular formula is C24H21NO5. The van der Waals surface area contributed by atoms with Gasteiger partial charge in [0.25, 0.3) is 11.8 Å². The van der Waals surface area contributed by atoms with Gasteiger partial charge in [-0.15, -0.1) is 6.58 Å². The van der Waals surface area contributed by atoms with Crippen LogP contribution in [0.3, 0.4) is 0 Å². The maximum absolute atomic E-state index is 12.7. The number of esters is 1. The minimum atomic E-state index is -0.972. The molecule has 2 aromatic rings. The summed E-state index contributed by atoms with van der Waals surface area (Å²) in [6.07, 6.45) is 3.55. The van der Waals surface area contributed by atoms with Gasteiger partial charge in [0.05, 0.1) is 16.7 Å². The molecule has 1 atom stereocenters. The van der Waals surface area contributed by atoms with E-state index < -0.39 is 23.9 Å². The summed E-state index contributed by atoms with van der Waals surface area (Å²) < 4.78 is 5.35. The van der Waals surface area contributed by atoms with Crippen LogP contribution in [-0.2, 0) is 17.6 Å². The molecule has 6 nitrogen and oxygen atoms in total. The highest BCUT2D eigenvalue weighted by molar-refractivity contribution is 6.22. The fourth-order valence-electron chi connectivity index (χ4n) is 3.95. The van der Waals surface area contributed by atoms with E-state index in [-0.39, 0.29) is 29.0 Å². The number of amides is 2. The third-order valence-corrected chi connectivity index (χ3v) is 5.55. The second-order valence-corrected chi connectivity index (χ2v) is 7.52. The lowest BCUT2D eigenvalue weighted by molar-refractivity contribution is 0.0318. The number of carbonyl (C=O) groups excluding carboxylic acids is 4. The van der Waals surface area contributed by atoms with Crippen molar-refractivity contribution in [3.8, 4) is 0 Å². The number of hydrogen-bond donors (Lipinski definition) is 0. The SMILES string of the molecule is C=CCN1C(=O)c2ccc(C(=O)O[C@H](C)C(=O)c3ccc4c(c3)CCC4)cc2C1=O. The molecule has 0 saturated carbocycles. The van der Waals surface area contributed by atoms with Crippen molar-refractivity contribution in [2.24, 2.45) is 0 Å². The number of ether oxygens (including phenoxy) is 1. The van der Waals surface area contributed by atoms with Crippen LogP contribution in [0.1, 0.15) is 65.9 Å². The quantitative estimate of drug-likeness (QED) is 0.320. The van der Waals surface area contributed by atoms with E-state index in [9.17, 15) is 19.2 Å². The summed E-state index contributed by atoms with van der Waals surface area (Å²) in [5, 5.41) is 0. The van der Waals surface area contributed by atoms with Gasteiger partial charge in [0.15, 0.2) is 6.10 Å². The molecule has 0 N–H and O–H groups in total. The van der Waals surface area contributed by atoms with Crippen LogP contribution in [0.4, 0.5) is 0 Å². The van der Waals surface area contributed by atoms with Gasteiger partial charge in [-0.3, -0.25) is 19.3 Å². The first-order valence-electron chi connectivity index (χ1n) is 9.89. The van der Waals surface area contributed by atoms with E-state index in [2.05, 4.69) is 6.58 Å². The van der Waals surface area contributed by atoms with Gasteiger partial charge in [-0.1, -0.05) is 18.2 Å². The number of Topliss-reactive ketones (excluding diaryl/α,β-unsaturated/α-hetero) is 1. The number of benzene rings is 2. The molecular weight excluding hydrogens is 382 g/mol. The van der Waals surface area contributed by atoms with Gasteiger partial charge in [-0.2, -0.15) is 0 Å². The summed E-state index contributed by atoms with van der Waals surface area (Å²) in [7, 11) is 0. The average molecular weight is 403 g/mol. The highest BCUT2D eigenvalue weighted by Crippen LogP contribution is 2.26. The van der Waals surface area contributed by atoms with Gasteiger partial charge >= 0.3 is 5.97 Å². The molecule has 1 heterocycles. The fourth-order valence-corrected chi connectivity index (χ4v) is 3.95. The summed E-state index contributed by atoms with van der Waals surface area (Å²) in [6.45, 7) is 5.17. The molecule has 0 bridgehead atoms. The molecule has 1 aliphatic carbocycles. The van der Waals surface area contributed by atoms with Crippen LogP contribution in [0.25, 0.3) is 0 Å². The topological polar surface area (TPSA) is 80.8 Å². The lowest BCUT2D eigenvalue weighted by Gasteiger charge is -2.13. The van der Waals surface area contributed by atoms with Gasteiger partial charge < -0.3 is 4.74 Å². The lowest BCUT2D eigenvalue weighted by atomic mass is 10.0. The molecule has 0 radical (unpaired) electrons. The Morgan fingerprint density at radius 2 is 1.73 bits per heavy atom. The van der Waals surface area contributed by atoms with Gasteiger partial charge in [-0.25, -0.2) is 4.79 Å². The number of hydrogen-bond acceptors (Lipinski definition) is 5. The second kappa shape index (κ2) is 7.71. The smallest absolute Gasteiger partial charge is 0.338 e. The molecule has 2 amide bonds. The van der Waals surface area contributed by atoms with E-state index in [0.717, 1.165) is 24.2 Å². The molecule has 0 unspecified atom stereocenters. The first kappa shape index (κ1) is 19.8.